The maximum Gasteiger partial charge on any atom is 0.252 e. The highest BCUT2D eigenvalue weighted by Crippen LogP contribution is 2.36. The Kier molecular flexibility index (Phi) is 3.91. The third kappa shape index (κ3) is 2.73. The van der Waals surface area contributed by atoms with E-state index in [1.807, 2.05) is 0 Å². The van der Waals surface area contributed by atoms with Crippen molar-refractivity contribution in [1.29, 1.82) is 0 Å². The number of nitrogens with zero attached hydrogens (tertiary/aromatic N) is 1. The average molecular weight is 265 g/mol. The maximum absolute atomic E-state index is 13.3. The first-order valence-corrected chi connectivity index (χ1v) is 6.34. The lowest BCUT2D eigenvalue weighted by Gasteiger charge is -2.21. The van der Waals surface area contributed by atoms with Crippen LogP contribution in [-0.2, 0) is 0 Å². The summed E-state index contributed by atoms with van der Waals surface area (Å²) in [5, 5.41) is 0.0222. The summed E-state index contributed by atoms with van der Waals surface area (Å²) >= 11 is 0.876. The lowest BCUT2D eigenvalue weighted by molar-refractivity contribution is 0.382. The molecule has 2 rings (SSSR count). The van der Waals surface area contributed by atoms with Gasteiger partial charge in [0.1, 0.15) is 0 Å². The van der Waals surface area contributed by atoms with Crippen LogP contribution in [0, 0.1) is 23.5 Å². The number of aromatic nitrogens is 1. The van der Waals surface area contributed by atoms with Gasteiger partial charge in [0.25, 0.3) is 11.9 Å². The molecule has 1 saturated carbocycles. The van der Waals surface area contributed by atoms with Crippen molar-refractivity contribution >= 4 is 11.8 Å². The lowest BCUT2D eigenvalue weighted by atomic mass is 10.0. The van der Waals surface area contributed by atoms with E-state index < -0.39 is 28.4 Å². The average Bonchev–Trinajstić information content (AvgIpc) is 2.33. The fourth-order valence-electron chi connectivity index (χ4n) is 1.92. The molecule has 1 aromatic rings. The minimum atomic E-state index is -1.58. The van der Waals surface area contributed by atoms with Crippen molar-refractivity contribution in [3.05, 3.63) is 23.5 Å². The number of halogens is 4. The number of thioether (sulfide) groups is 1. The molecule has 1 aromatic heterocycles. The Balaban J connectivity index is 2.24. The highest BCUT2D eigenvalue weighted by molar-refractivity contribution is 8.00. The molecular formula is C11H11F4NS. The third-order valence-corrected chi connectivity index (χ3v) is 4.19. The van der Waals surface area contributed by atoms with E-state index in [1.165, 1.54) is 0 Å². The van der Waals surface area contributed by atoms with Crippen LogP contribution in [0.15, 0.2) is 4.90 Å². The van der Waals surface area contributed by atoms with Crippen molar-refractivity contribution in [3.8, 4) is 0 Å². The summed E-state index contributed by atoms with van der Waals surface area (Å²) in [5.74, 6) is -5.94. The number of rotatable bonds is 2. The Labute approximate surface area is 101 Å². The van der Waals surface area contributed by atoms with Crippen LogP contribution in [0.3, 0.4) is 0 Å². The predicted octanol–water partition coefficient (Wildman–Crippen LogP) is 4.06. The molecule has 0 N–H and O–H groups in total. The van der Waals surface area contributed by atoms with E-state index >= 15 is 0 Å². The third-order valence-electron chi connectivity index (χ3n) is 2.79. The number of hydrogen-bond donors (Lipinski definition) is 0. The molecule has 0 spiro atoms. The molecule has 6 heteroatoms. The van der Waals surface area contributed by atoms with Crippen LogP contribution in [0.25, 0.3) is 0 Å². The number of hydrogen-bond acceptors (Lipinski definition) is 2. The maximum atomic E-state index is 13.3. The summed E-state index contributed by atoms with van der Waals surface area (Å²) in [7, 11) is 0. The van der Waals surface area contributed by atoms with E-state index in [2.05, 4.69) is 4.98 Å². The second kappa shape index (κ2) is 5.25. The first-order valence-electron chi connectivity index (χ1n) is 5.46. The van der Waals surface area contributed by atoms with E-state index in [4.69, 9.17) is 0 Å². The largest absolute Gasteiger partial charge is 0.252 e. The molecule has 0 aliphatic heterocycles. The van der Waals surface area contributed by atoms with Gasteiger partial charge < -0.3 is 0 Å². The molecular weight excluding hydrogens is 254 g/mol. The van der Waals surface area contributed by atoms with Crippen LogP contribution in [0.4, 0.5) is 17.6 Å². The van der Waals surface area contributed by atoms with Gasteiger partial charge in [-0.1, -0.05) is 19.3 Å². The van der Waals surface area contributed by atoms with Gasteiger partial charge in [0.2, 0.25) is 0 Å². The van der Waals surface area contributed by atoms with Crippen molar-refractivity contribution < 1.29 is 17.6 Å². The number of pyridine rings is 1. The summed E-state index contributed by atoms with van der Waals surface area (Å²) < 4.78 is 52.4. The summed E-state index contributed by atoms with van der Waals surface area (Å²) in [4.78, 5) is 1.95. The Morgan fingerprint density at radius 2 is 1.41 bits per heavy atom. The Morgan fingerprint density at radius 3 is 1.94 bits per heavy atom. The van der Waals surface area contributed by atoms with Gasteiger partial charge in [0.05, 0.1) is 4.90 Å². The van der Waals surface area contributed by atoms with Gasteiger partial charge in [-0.3, -0.25) is 0 Å². The van der Waals surface area contributed by atoms with Crippen molar-refractivity contribution in [2.45, 2.75) is 42.2 Å². The van der Waals surface area contributed by atoms with E-state index in [-0.39, 0.29) is 5.25 Å². The zero-order chi connectivity index (χ0) is 12.4. The van der Waals surface area contributed by atoms with Crippen LogP contribution >= 0.6 is 11.8 Å². The highest BCUT2D eigenvalue weighted by atomic mass is 32.2. The molecule has 1 aliphatic carbocycles. The van der Waals surface area contributed by atoms with Gasteiger partial charge in [-0.2, -0.15) is 13.8 Å². The van der Waals surface area contributed by atoms with Crippen molar-refractivity contribution in [2.75, 3.05) is 0 Å². The van der Waals surface area contributed by atoms with E-state index in [0.717, 1.165) is 43.9 Å². The van der Waals surface area contributed by atoms with Gasteiger partial charge >= 0.3 is 0 Å². The molecule has 0 amide bonds. The summed E-state index contributed by atoms with van der Waals surface area (Å²) in [6, 6.07) is 0. The minimum absolute atomic E-state index is 0.0222. The molecule has 0 unspecified atom stereocenters. The highest BCUT2D eigenvalue weighted by Gasteiger charge is 2.24. The molecule has 0 radical (unpaired) electrons. The van der Waals surface area contributed by atoms with Crippen LogP contribution < -0.4 is 0 Å². The smallest absolute Gasteiger partial charge is 0.201 e. The van der Waals surface area contributed by atoms with E-state index in [0.29, 0.717) is 0 Å². The lowest BCUT2D eigenvalue weighted by Crippen LogP contribution is -2.10. The summed E-state index contributed by atoms with van der Waals surface area (Å²) in [6.45, 7) is 0. The summed E-state index contributed by atoms with van der Waals surface area (Å²) in [6.07, 6.45) is 4.69. The normalized spacial score (nSPS) is 17.4. The van der Waals surface area contributed by atoms with Crippen LogP contribution in [0.5, 0.6) is 0 Å². The second-order valence-corrected chi connectivity index (χ2v) is 5.34. The zero-order valence-electron chi connectivity index (χ0n) is 8.98. The quantitative estimate of drug-likeness (QED) is 0.590. The Morgan fingerprint density at radius 1 is 0.882 bits per heavy atom. The van der Waals surface area contributed by atoms with Crippen molar-refractivity contribution in [1.82, 2.24) is 4.98 Å². The van der Waals surface area contributed by atoms with E-state index in [1.54, 1.807) is 0 Å². The SMILES string of the molecule is Fc1nc(F)c(F)c(SC2CCCCC2)c1F. The molecule has 94 valence electrons. The van der Waals surface area contributed by atoms with Crippen molar-refractivity contribution in [2.24, 2.45) is 0 Å². The van der Waals surface area contributed by atoms with Crippen LogP contribution in [-0.4, -0.2) is 10.2 Å². The van der Waals surface area contributed by atoms with Gasteiger partial charge in [-0.25, -0.2) is 8.78 Å². The van der Waals surface area contributed by atoms with Crippen molar-refractivity contribution in [3.63, 3.8) is 0 Å². The minimum Gasteiger partial charge on any atom is -0.201 e. The van der Waals surface area contributed by atoms with Gasteiger partial charge in [-0.15, -0.1) is 11.8 Å². The standard InChI is InChI=1S/C11H11F4NS/c12-7-9(8(13)11(15)16-10(7)14)17-6-4-2-1-3-5-6/h6H,1-5H2. The first-order chi connectivity index (χ1) is 8.09. The second-order valence-electron chi connectivity index (χ2n) is 4.03. The van der Waals surface area contributed by atoms with Crippen LogP contribution in [0.2, 0.25) is 0 Å². The van der Waals surface area contributed by atoms with E-state index in [9.17, 15) is 17.6 Å². The summed E-state index contributed by atoms with van der Waals surface area (Å²) in [5.41, 5.74) is 0. The molecule has 0 aromatic carbocycles. The monoisotopic (exact) mass is 265 g/mol. The molecule has 1 aliphatic rings. The van der Waals surface area contributed by atoms with Gasteiger partial charge in [-0.05, 0) is 12.8 Å². The Bertz CT molecular complexity index is 392. The molecule has 0 bridgehead atoms. The molecule has 0 saturated heterocycles. The molecule has 1 heterocycles. The predicted molar refractivity (Wildman–Crippen MR) is 56.8 cm³/mol. The molecule has 1 fully saturated rings. The zero-order valence-corrected chi connectivity index (χ0v) is 9.80. The molecule has 1 nitrogen and oxygen atoms in total. The molecule has 0 atom stereocenters. The van der Waals surface area contributed by atoms with Gasteiger partial charge in [0.15, 0.2) is 11.6 Å². The fourth-order valence-corrected chi connectivity index (χ4v) is 3.20. The Hall–Kier alpha value is -0.780. The fraction of sp³-hybridized carbons (Fsp3) is 0.545. The van der Waals surface area contributed by atoms with Gasteiger partial charge in [0, 0.05) is 5.25 Å². The molecule has 17 heavy (non-hydrogen) atoms. The first kappa shape index (κ1) is 12.7. The topological polar surface area (TPSA) is 12.9 Å². The van der Waals surface area contributed by atoms with Crippen LogP contribution in [0.1, 0.15) is 32.1 Å².